The van der Waals surface area contributed by atoms with E-state index in [1.807, 2.05) is 0 Å². The molecule has 2 heterocycles. The zero-order chi connectivity index (χ0) is 26.1. The molecule has 0 radical (unpaired) electrons. The maximum atomic E-state index is 12.8. The maximum Gasteiger partial charge on any atom is 0.416 e. The number of aliphatic hydroxyl groups is 1. The number of alkyl halides is 3. The van der Waals surface area contributed by atoms with Gasteiger partial charge in [0.15, 0.2) is 0 Å². The number of nitrogens with one attached hydrogen (secondary N) is 2. The fraction of sp³-hybridized carbons (Fsp3) is 0.391. The number of ether oxygens (including phenoxy) is 1. The van der Waals surface area contributed by atoms with Crippen LogP contribution in [-0.4, -0.2) is 62.7 Å². The minimum Gasteiger partial charge on any atom is -0.380 e. The number of hydrogen-bond donors (Lipinski definition) is 3. The van der Waals surface area contributed by atoms with Crippen molar-refractivity contribution in [2.24, 2.45) is 0 Å². The second-order valence-electron chi connectivity index (χ2n) is 8.77. The minimum atomic E-state index is -4.61. The number of carbonyl (C=O) groups excluding carboxylic acids is 2. The van der Waals surface area contributed by atoms with Crippen LogP contribution in [-0.2, 0) is 26.5 Å². The number of urea groups is 1. The van der Waals surface area contributed by atoms with E-state index in [0.717, 1.165) is 12.1 Å². The molecular formula is C23H24F3N3O6S. The van der Waals surface area contributed by atoms with Crippen molar-refractivity contribution in [2.75, 3.05) is 26.3 Å². The molecule has 36 heavy (non-hydrogen) atoms. The largest absolute Gasteiger partial charge is 0.416 e. The van der Waals surface area contributed by atoms with Crippen LogP contribution >= 0.6 is 0 Å². The summed E-state index contributed by atoms with van der Waals surface area (Å²) in [6.45, 7) is 1.07. The molecule has 4 rings (SSSR count). The Morgan fingerprint density at radius 2 is 1.58 bits per heavy atom. The smallest absolute Gasteiger partial charge is 0.380 e. The first-order valence-corrected chi connectivity index (χ1v) is 12.6. The summed E-state index contributed by atoms with van der Waals surface area (Å²) in [5.41, 5.74) is -0.903. The Morgan fingerprint density at radius 1 is 1.00 bits per heavy atom. The van der Waals surface area contributed by atoms with Crippen molar-refractivity contribution < 1.29 is 41.0 Å². The predicted molar refractivity (Wildman–Crippen MR) is 120 cm³/mol. The van der Waals surface area contributed by atoms with Gasteiger partial charge in [0.25, 0.3) is 15.9 Å². The third-order valence-corrected chi connectivity index (χ3v) is 7.53. The second kappa shape index (κ2) is 9.71. The molecule has 2 aromatic rings. The number of hydrogen-bond acceptors (Lipinski definition) is 6. The molecule has 0 saturated carbocycles. The van der Waals surface area contributed by atoms with E-state index in [9.17, 15) is 36.3 Å². The van der Waals surface area contributed by atoms with E-state index in [1.54, 1.807) is 33.9 Å². The van der Waals surface area contributed by atoms with Crippen LogP contribution in [0.15, 0.2) is 53.4 Å². The monoisotopic (exact) mass is 527 g/mol. The summed E-state index contributed by atoms with van der Waals surface area (Å²) < 4.78 is 69.5. The Labute approximate surface area is 205 Å². The zero-order valence-corrected chi connectivity index (χ0v) is 19.7. The molecule has 2 fully saturated rings. The van der Waals surface area contributed by atoms with Gasteiger partial charge in [0, 0.05) is 24.7 Å². The third kappa shape index (κ3) is 5.63. The van der Waals surface area contributed by atoms with Gasteiger partial charge in [-0.05, 0) is 54.8 Å². The Balaban J connectivity index is 1.27. The number of benzene rings is 2. The highest BCUT2D eigenvalue weighted by Gasteiger charge is 2.38. The van der Waals surface area contributed by atoms with Gasteiger partial charge in [0.1, 0.15) is 5.60 Å². The quantitative estimate of drug-likeness (QED) is 0.548. The molecule has 0 atom stereocenters. The topological polar surface area (TPSA) is 125 Å². The average molecular weight is 528 g/mol. The molecular weight excluding hydrogens is 503 g/mol. The Hall–Kier alpha value is -3.16. The average Bonchev–Trinajstić information content (AvgIpc) is 2.82. The van der Waals surface area contributed by atoms with E-state index in [0.29, 0.717) is 49.2 Å². The summed E-state index contributed by atoms with van der Waals surface area (Å²) in [6.07, 6.45) is -3.84. The molecule has 0 spiro atoms. The van der Waals surface area contributed by atoms with E-state index >= 15 is 0 Å². The summed E-state index contributed by atoms with van der Waals surface area (Å²) in [5.74, 6) is -0.203. The zero-order valence-electron chi connectivity index (χ0n) is 18.9. The molecule has 0 aromatic heterocycles. The fourth-order valence-corrected chi connectivity index (χ4v) is 4.93. The van der Waals surface area contributed by atoms with Crippen molar-refractivity contribution in [2.45, 2.75) is 35.6 Å². The number of carbonyl (C=O) groups is 2. The molecule has 2 aromatic carbocycles. The molecule has 3 amide bonds. The van der Waals surface area contributed by atoms with Crippen molar-refractivity contribution in [3.63, 3.8) is 0 Å². The SMILES string of the molecule is O=C(NC1CCN(C(=O)c2ccc(C3(O)COC3)cc2)CC1)NS(=O)(=O)c1ccc(C(F)(F)F)cc1. The van der Waals surface area contributed by atoms with Crippen LogP contribution in [0.25, 0.3) is 0 Å². The molecule has 9 nitrogen and oxygen atoms in total. The van der Waals surface area contributed by atoms with E-state index in [4.69, 9.17) is 4.74 Å². The van der Waals surface area contributed by atoms with Gasteiger partial charge in [-0.1, -0.05) is 12.1 Å². The number of halogens is 3. The molecule has 3 N–H and O–H groups in total. The highest BCUT2D eigenvalue weighted by atomic mass is 32.2. The molecule has 0 bridgehead atoms. The van der Waals surface area contributed by atoms with Crippen molar-refractivity contribution in [1.29, 1.82) is 0 Å². The van der Waals surface area contributed by atoms with Gasteiger partial charge in [-0.15, -0.1) is 0 Å². The first-order valence-electron chi connectivity index (χ1n) is 11.1. The van der Waals surface area contributed by atoms with E-state index in [-0.39, 0.29) is 19.1 Å². The summed E-state index contributed by atoms with van der Waals surface area (Å²) in [6, 6.07) is 8.03. The number of sulfonamides is 1. The predicted octanol–water partition coefficient (Wildman–Crippen LogP) is 2.22. The first-order chi connectivity index (χ1) is 16.9. The van der Waals surface area contributed by atoms with Crippen molar-refractivity contribution in [1.82, 2.24) is 14.9 Å². The highest BCUT2D eigenvalue weighted by molar-refractivity contribution is 7.90. The van der Waals surface area contributed by atoms with Gasteiger partial charge in [-0.3, -0.25) is 4.79 Å². The fourth-order valence-electron chi connectivity index (χ4n) is 4.01. The van der Waals surface area contributed by atoms with E-state index in [2.05, 4.69) is 5.32 Å². The lowest BCUT2D eigenvalue weighted by Crippen LogP contribution is -2.50. The number of rotatable bonds is 5. The number of amides is 3. The van der Waals surface area contributed by atoms with Crippen LogP contribution in [0.3, 0.4) is 0 Å². The molecule has 2 aliphatic heterocycles. The van der Waals surface area contributed by atoms with Gasteiger partial charge in [-0.25, -0.2) is 17.9 Å². The number of nitrogens with zero attached hydrogens (tertiary/aromatic N) is 1. The van der Waals surface area contributed by atoms with E-state index < -0.39 is 44.3 Å². The van der Waals surface area contributed by atoms with Crippen molar-refractivity contribution in [3.8, 4) is 0 Å². The first kappa shape index (κ1) is 25.9. The van der Waals surface area contributed by atoms with Crippen LogP contribution in [0.5, 0.6) is 0 Å². The van der Waals surface area contributed by atoms with Crippen LogP contribution < -0.4 is 10.0 Å². The van der Waals surface area contributed by atoms with Gasteiger partial charge in [0.2, 0.25) is 0 Å². The Kier molecular flexibility index (Phi) is 6.99. The molecule has 0 aliphatic carbocycles. The standard InChI is InChI=1S/C23H24F3N3O6S/c24-23(25,26)17-5-7-19(8-6-17)36(33,34)28-21(31)27-18-9-11-29(12-10-18)20(30)15-1-3-16(4-2-15)22(32)13-35-14-22/h1-8,18,32H,9-14H2,(H2,27,28,31). The van der Waals surface area contributed by atoms with Gasteiger partial charge in [0.05, 0.1) is 23.7 Å². The second-order valence-corrected chi connectivity index (χ2v) is 10.5. The highest BCUT2D eigenvalue weighted by Crippen LogP contribution is 2.30. The summed E-state index contributed by atoms with van der Waals surface area (Å²) >= 11 is 0. The lowest BCUT2D eigenvalue weighted by atomic mass is 9.91. The number of piperidine rings is 1. The Morgan fingerprint density at radius 3 is 2.08 bits per heavy atom. The lowest BCUT2D eigenvalue weighted by Gasteiger charge is -2.37. The summed E-state index contributed by atoms with van der Waals surface area (Å²) in [4.78, 5) is 26.1. The van der Waals surface area contributed by atoms with Crippen LogP contribution in [0.2, 0.25) is 0 Å². The number of likely N-dealkylation sites (tertiary alicyclic amines) is 1. The lowest BCUT2D eigenvalue weighted by molar-refractivity contribution is -0.184. The third-order valence-electron chi connectivity index (χ3n) is 6.19. The molecule has 13 heteroatoms. The molecule has 0 unspecified atom stereocenters. The van der Waals surface area contributed by atoms with Gasteiger partial charge >= 0.3 is 12.2 Å². The molecule has 2 aliphatic rings. The van der Waals surface area contributed by atoms with Crippen molar-refractivity contribution in [3.05, 3.63) is 65.2 Å². The van der Waals surface area contributed by atoms with E-state index in [1.165, 1.54) is 0 Å². The van der Waals surface area contributed by atoms with Gasteiger partial charge in [-0.2, -0.15) is 13.2 Å². The Bertz CT molecular complexity index is 1220. The summed E-state index contributed by atoms with van der Waals surface area (Å²) in [5, 5.41) is 12.8. The van der Waals surface area contributed by atoms with Crippen LogP contribution in [0, 0.1) is 0 Å². The van der Waals surface area contributed by atoms with Crippen molar-refractivity contribution >= 4 is 22.0 Å². The minimum absolute atomic E-state index is 0.203. The summed E-state index contributed by atoms with van der Waals surface area (Å²) in [7, 11) is -4.36. The molecule has 2 saturated heterocycles. The van der Waals surface area contributed by atoms with Crippen LogP contribution in [0.1, 0.15) is 34.3 Å². The normalized spacial score (nSPS) is 18.3. The van der Waals surface area contributed by atoms with Gasteiger partial charge < -0.3 is 20.1 Å². The maximum absolute atomic E-state index is 12.8. The molecule has 194 valence electrons. The van der Waals surface area contributed by atoms with Crippen LogP contribution in [0.4, 0.5) is 18.0 Å².